The number of carbonyl (C=O) groups excluding carboxylic acids is 1. The Balaban J connectivity index is 1.63. The Kier molecular flexibility index (Phi) is 5.02. The lowest BCUT2D eigenvalue weighted by atomic mass is 9.92. The van der Waals surface area contributed by atoms with Gasteiger partial charge in [0.1, 0.15) is 10.8 Å². The van der Waals surface area contributed by atoms with Crippen LogP contribution in [-0.2, 0) is 4.74 Å². The summed E-state index contributed by atoms with van der Waals surface area (Å²) < 4.78 is 5.44. The molecule has 0 saturated carbocycles. The molecule has 5 nitrogen and oxygen atoms in total. The minimum Gasteiger partial charge on any atom is -0.444 e. The number of carbonyl (C=O) groups is 1. The molecule has 2 aromatic rings. The third-order valence-corrected chi connectivity index (χ3v) is 5.01. The number of piperidine rings is 1. The zero-order valence-electron chi connectivity index (χ0n) is 14.6. The second-order valence-corrected chi connectivity index (χ2v) is 8.21. The first-order valence-corrected chi connectivity index (χ1v) is 9.18. The number of halogens is 1. The van der Waals surface area contributed by atoms with Crippen LogP contribution in [0, 0.1) is 5.92 Å². The van der Waals surface area contributed by atoms with Crippen LogP contribution in [0.4, 0.5) is 4.79 Å². The van der Waals surface area contributed by atoms with Gasteiger partial charge in [0.15, 0.2) is 0 Å². The summed E-state index contributed by atoms with van der Waals surface area (Å²) in [7, 11) is 0. The predicted molar refractivity (Wildman–Crippen MR) is 103 cm³/mol. The van der Waals surface area contributed by atoms with Gasteiger partial charge in [-0.1, -0.05) is 23.8 Å². The van der Waals surface area contributed by atoms with Gasteiger partial charge >= 0.3 is 6.09 Å². The number of amides is 1. The number of nitrogens with zero attached hydrogens (tertiary/aromatic N) is 2. The first kappa shape index (κ1) is 18.1. The lowest BCUT2D eigenvalue weighted by Gasteiger charge is -2.33. The van der Waals surface area contributed by atoms with Gasteiger partial charge in [0, 0.05) is 29.5 Å². The molecule has 3 heterocycles. The van der Waals surface area contributed by atoms with Gasteiger partial charge in [-0.2, -0.15) is 0 Å². The van der Waals surface area contributed by atoms with Crippen molar-refractivity contribution in [3.63, 3.8) is 0 Å². The summed E-state index contributed by atoms with van der Waals surface area (Å²) in [6, 6.07) is 3.81. The van der Waals surface area contributed by atoms with E-state index in [-0.39, 0.29) is 12.0 Å². The van der Waals surface area contributed by atoms with Gasteiger partial charge in [-0.05, 0) is 51.7 Å². The van der Waals surface area contributed by atoms with Crippen LogP contribution in [0.3, 0.4) is 0 Å². The van der Waals surface area contributed by atoms with Gasteiger partial charge in [-0.15, -0.1) is 0 Å². The van der Waals surface area contributed by atoms with Gasteiger partial charge < -0.3 is 14.6 Å². The zero-order chi connectivity index (χ0) is 18.2. The quantitative estimate of drug-likeness (QED) is 0.471. The van der Waals surface area contributed by atoms with Crippen molar-refractivity contribution in [3.8, 4) is 0 Å². The smallest absolute Gasteiger partial charge is 0.410 e. The fourth-order valence-corrected chi connectivity index (χ4v) is 3.51. The number of H-pyrrole nitrogens is 1. The topological polar surface area (TPSA) is 58.2 Å². The fraction of sp³-hybridized carbons (Fsp3) is 0.500. The number of aromatic nitrogens is 2. The molecule has 0 bridgehead atoms. The molecule has 0 atom stereocenters. The number of ether oxygens (including phenoxy) is 1. The second-order valence-electron chi connectivity index (χ2n) is 7.38. The molecule has 0 aromatic carbocycles. The SMILES string of the molecule is CC(C)(C)OC(=O)N1CCC(C(=S)c2cc3cnc(Cl)cc3[nH]2)CC1. The normalized spacial score (nSPS) is 16.2. The Hall–Kier alpha value is -1.66. The van der Waals surface area contributed by atoms with E-state index in [4.69, 9.17) is 28.6 Å². The van der Waals surface area contributed by atoms with Crippen molar-refractivity contribution in [1.82, 2.24) is 14.9 Å². The molecule has 7 heteroatoms. The van der Waals surface area contributed by atoms with E-state index in [1.165, 1.54) is 0 Å². The minimum absolute atomic E-state index is 0.247. The van der Waals surface area contributed by atoms with E-state index < -0.39 is 5.60 Å². The zero-order valence-corrected chi connectivity index (χ0v) is 16.2. The number of hydrogen-bond acceptors (Lipinski definition) is 4. The highest BCUT2D eigenvalue weighted by Gasteiger charge is 2.29. The fourth-order valence-electron chi connectivity index (χ4n) is 3.00. The van der Waals surface area contributed by atoms with Gasteiger partial charge in [-0.25, -0.2) is 9.78 Å². The molecule has 1 N–H and O–H groups in total. The first-order valence-electron chi connectivity index (χ1n) is 8.39. The first-order chi connectivity index (χ1) is 11.7. The largest absolute Gasteiger partial charge is 0.444 e. The van der Waals surface area contributed by atoms with E-state index >= 15 is 0 Å². The number of rotatable bonds is 2. The summed E-state index contributed by atoms with van der Waals surface area (Å²) in [4.78, 5) is 22.2. The Morgan fingerprint density at radius 2 is 2.04 bits per heavy atom. The number of thiocarbonyl (C=S) groups is 1. The molecule has 1 saturated heterocycles. The van der Waals surface area contributed by atoms with Crippen LogP contribution < -0.4 is 0 Å². The summed E-state index contributed by atoms with van der Waals surface area (Å²) in [5.74, 6) is 0.269. The third kappa shape index (κ3) is 4.30. The molecule has 2 aromatic heterocycles. The molecule has 3 rings (SSSR count). The molecule has 0 unspecified atom stereocenters. The Labute approximate surface area is 157 Å². The molecular weight excluding hydrogens is 358 g/mol. The van der Waals surface area contributed by atoms with Gasteiger partial charge in [0.25, 0.3) is 0 Å². The highest BCUT2D eigenvalue weighted by molar-refractivity contribution is 7.80. The monoisotopic (exact) mass is 379 g/mol. The molecule has 25 heavy (non-hydrogen) atoms. The van der Waals surface area contributed by atoms with Crippen molar-refractivity contribution in [2.75, 3.05) is 13.1 Å². The summed E-state index contributed by atoms with van der Waals surface area (Å²) in [5, 5.41) is 1.45. The number of fused-ring (bicyclic) bond motifs is 1. The molecule has 1 amide bonds. The summed E-state index contributed by atoms with van der Waals surface area (Å²) in [6.45, 7) is 6.96. The van der Waals surface area contributed by atoms with Crippen LogP contribution in [0.5, 0.6) is 0 Å². The van der Waals surface area contributed by atoms with Crippen molar-refractivity contribution in [2.24, 2.45) is 5.92 Å². The van der Waals surface area contributed by atoms with Crippen LogP contribution >= 0.6 is 23.8 Å². The van der Waals surface area contributed by atoms with Crippen molar-refractivity contribution < 1.29 is 9.53 Å². The van der Waals surface area contributed by atoms with Crippen LogP contribution in [0.1, 0.15) is 39.3 Å². The Bertz CT molecular complexity index is 804. The van der Waals surface area contributed by atoms with Crippen LogP contribution in [0.2, 0.25) is 5.15 Å². The number of hydrogen-bond donors (Lipinski definition) is 1. The number of aromatic amines is 1. The minimum atomic E-state index is -0.469. The average Bonchev–Trinajstić information content (AvgIpc) is 2.95. The maximum absolute atomic E-state index is 12.2. The third-order valence-electron chi connectivity index (χ3n) is 4.25. The highest BCUT2D eigenvalue weighted by Crippen LogP contribution is 2.26. The van der Waals surface area contributed by atoms with E-state index in [0.717, 1.165) is 34.3 Å². The van der Waals surface area contributed by atoms with Crippen LogP contribution in [0.15, 0.2) is 18.3 Å². The van der Waals surface area contributed by atoms with Crippen LogP contribution in [0.25, 0.3) is 10.9 Å². The van der Waals surface area contributed by atoms with E-state index in [1.54, 1.807) is 17.2 Å². The summed E-state index contributed by atoms with van der Waals surface area (Å²) in [5.41, 5.74) is 1.40. The highest BCUT2D eigenvalue weighted by atomic mass is 35.5. The summed E-state index contributed by atoms with van der Waals surface area (Å²) in [6.07, 6.45) is 3.17. The van der Waals surface area contributed by atoms with Gasteiger partial charge in [0.2, 0.25) is 0 Å². The van der Waals surface area contributed by atoms with E-state index in [1.807, 2.05) is 26.8 Å². The van der Waals surface area contributed by atoms with Crippen LogP contribution in [-0.4, -0.2) is 44.5 Å². The standard InChI is InChI=1S/C18H22ClN3O2S/c1-18(2,3)24-17(23)22-6-4-11(5-7-22)16(25)14-8-12-10-20-15(19)9-13(12)21-14/h8-11,21H,4-7H2,1-3H3. The predicted octanol–water partition coefficient (Wildman–Crippen LogP) is 4.58. The van der Waals surface area contributed by atoms with Crippen molar-refractivity contribution in [1.29, 1.82) is 0 Å². The maximum atomic E-state index is 12.2. The summed E-state index contributed by atoms with van der Waals surface area (Å²) >= 11 is 11.6. The van der Waals surface area contributed by atoms with Gasteiger partial charge in [-0.3, -0.25) is 0 Å². The molecule has 1 aliphatic heterocycles. The van der Waals surface area contributed by atoms with E-state index in [0.29, 0.717) is 18.2 Å². The molecule has 1 fully saturated rings. The number of pyridine rings is 1. The molecular formula is C18H22ClN3O2S. The Morgan fingerprint density at radius 3 is 2.68 bits per heavy atom. The average molecular weight is 380 g/mol. The van der Waals surface area contributed by atoms with Crippen molar-refractivity contribution in [3.05, 3.63) is 29.2 Å². The number of likely N-dealkylation sites (tertiary alicyclic amines) is 1. The Morgan fingerprint density at radius 1 is 1.36 bits per heavy atom. The number of nitrogens with one attached hydrogen (secondary N) is 1. The second kappa shape index (κ2) is 6.92. The van der Waals surface area contributed by atoms with E-state index in [9.17, 15) is 4.79 Å². The molecule has 0 spiro atoms. The molecule has 1 aliphatic rings. The van der Waals surface area contributed by atoms with Gasteiger partial charge in [0.05, 0.1) is 11.2 Å². The lowest BCUT2D eigenvalue weighted by molar-refractivity contribution is 0.0202. The maximum Gasteiger partial charge on any atom is 0.410 e. The lowest BCUT2D eigenvalue weighted by Crippen LogP contribution is -2.42. The van der Waals surface area contributed by atoms with Crippen molar-refractivity contribution in [2.45, 2.75) is 39.2 Å². The molecule has 0 aliphatic carbocycles. The molecule has 134 valence electrons. The van der Waals surface area contributed by atoms with Crippen molar-refractivity contribution >= 4 is 45.7 Å². The molecule has 0 radical (unpaired) electrons. The van der Waals surface area contributed by atoms with E-state index in [2.05, 4.69) is 9.97 Å².